The average molecular weight is 483 g/mol. The van der Waals surface area contributed by atoms with Crippen molar-refractivity contribution in [2.24, 2.45) is 0 Å². The van der Waals surface area contributed by atoms with Crippen molar-refractivity contribution in [1.29, 1.82) is 0 Å². The van der Waals surface area contributed by atoms with Crippen LogP contribution < -0.4 is 10.6 Å². The number of hydrogen-bond acceptors (Lipinski definition) is 8. The summed E-state index contributed by atoms with van der Waals surface area (Å²) in [6.07, 6.45) is 7.31. The van der Waals surface area contributed by atoms with Gasteiger partial charge in [-0.05, 0) is 24.8 Å². The van der Waals surface area contributed by atoms with Crippen molar-refractivity contribution in [3.63, 3.8) is 0 Å². The molecule has 4 heterocycles. The van der Waals surface area contributed by atoms with E-state index in [-0.39, 0.29) is 24.3 Å². The summed E-state index contributed by atoms with van der Waals surface area (Å²) >= 11 is 1.69. The second-order valence-electron chi connectivity index (χ2n) is 7.89. The molecule has 178 valence electrons. The van der Waals surface area contributed by atoms with Crippen molar-refractivity contribution in [3.8, 4) is 0 Å². The first-order valence-electron chi connectivity index (χ1n) is 11.1. The van der Waals surface area contributed by atoms with Crippen LogP contribution in [0.1, 0.15) is 18.7 Å². The van der Waals surface area contributed by atoms with Crippen LogP contribution in [0.4, 0.5) is 10.6 Å². The maximum Gasteiger partial charge on any atom is 0.320 e. The first-order valence-corrected chi connectivity index (χ1v) is 12.5. The highest BCUT2D eigenvalue weighted by atomic mass is 32.2. The van der Waals surface area contributed by atoms with Gasteiger partial charge in [-0.3, -0.25) is 9.88 Å². The molecule has 0 spiro atoms. The SMILES string of the molecule is CCNC(=O)Nc1ncnc2c1ncn2[C@@H]1O[C@H](CSC)[C@H]2O[C@H](/C=C/c3ccccc3)O[C@H]21. The number of amides is 2. The Balaban J connectivity index is 1.40. The minimum Gasteiger partial charge on any atom is -0.348 e. The number of nitrogens with one attached hydrogen (secondary N) is 2. The molecule has 5 rings (SSSR count). The summed E-state index contributed by atoms with van der Waals surface area (Å²) in [5.74, 6) is 1.10. The number of rotatable bonds is 7. The van der Waals surface area contributed by atoms with Crippen molar-refractivity contribution >= 4 is 40.9 Å². The lowest BCUT2D eigenvalue weighted by Crippen LogP contribution is -2.30. The Morgan fingerprint density at radius 2 is 1.97 bits per heavy atom. The largest absolute Gasteiger partial charge is 0.348 e. The molecule has 0 radical (unpaired) electrons. The van der Waals surface area contributed by atoms with Crippen LogP contribution in [0.3, 0.4) is 0 Å². The van der Waals surface area contributed by atoms with Gasteiger partial charge in [0.1, 0.15) is 18.5 Å². The molecule has 2 aliphatic heterocycles. The third-order valence-electron chi connectivity index (χ3n) is 5.65. The van der Waals surface area contributed by atoms with Crippen molar-refractivity contribution in [3.05, 3.63) is 54.6 Å². The minimum absolute atomic E-state index is 0.146. The number of ether oxygens (including phenoxy) is 3. The second kappa shape index (κ2) is 10.1. The maximum absolute atomic E-state index is 12.0. The number of benzene rings is 1. The predicted octanol–water partition coefficient (Wildman–Crippen LogP) is 3.05. The fraction of sp³-hybridized carbons (Fsp3) is 0.391. The highest BCUT2D eigenvalue weighted by molar-refractivity contribution is 7.98. The monoisotopic (exact) mass is 482 g/mol. The summed E-state index contributed by atoms with van der Waals surface area (Å²) < 4.78 is 20.7. The molecule has 3 aromatic rings. The van der Waals surface area contributed by atoms with Crippen molar-refractivity contribution in [2.75, 3.05) is 23.9 Å². The van der Waals surface area contributed by atoms with Gasteiger partial charge in [0.25, 0.3) is 0 Å². The molecule has 0 saturated carbocycles. The number of fused-ring (bicyclic) bond motifs is 2. The first-order chi connectivity index (χ1) is 16.7. The lowest BCUT2D eigenvalue weighted by Gasteiger charge is -2.20. The molecular weight excluding hydrogens is 456 g/mol. The number of carbonyl (C=O) groups is 1. The van der Waals surface area contributed by atoms with E-state index in [1.165, 1.54) is 6.33 Å². The Bertz CT molecular complexity index is 1170. The molecular formula is C23H26N6O4S. The van der Waals surface area contributed by atoms with E-state index in [1.54, 1.807) is 18.1 Å². The topological polar surface area (TPSA) is 112 Å². The molecule has 11 heteroatoms. The van der Waals surface area contributed by atoms with Gasteiger partial charge in [-0.25, -0.2) is 19.7 Å². The summed E-state index contributed by atoms with van der Waals surface area (Å²) in [5.41, 5.74) is 2.09. The van der Waals surface area contributed by atoms with Gasteiger partial charge < -0.3 is 19.5 Å². The molecule has 2 N–H and O–H groups in total. The van der Waals surface area contributed by atoms with Crippen LogP contribution in [0.25, 0.3) is 17.2 Å². The van der Waals surface area contributed by atoms with Crippen molar-refractivity contribution in [1.82, 2.24) is 24.8 Å². The number of urea groups is 1. The highest BCUT2D eigenvalue weighted by Gasteiger charge is 2.53. The molecule has 5 atom stereocenters. The van der Waals surface area contributed by atoms with Crippen LogP contribution in [0.15, 0.2) is 49.1 Å². The van der Waals surface area contributed by atoms with Crippen LogP contribution in [-0.2, 0) is 14.2 Å². The van der Waals surface area contributed by atoms with Crippen molar-refractivity contribution < 1.29 is 19.0 Å². The standard InChI is InChI=1S/C23H26N6O4S/c1-3-24-23(30)28-20-17-21(26-12-25-20)29(13-27-17)22-19-18(15(31-22)11-34-2)32-16(33-19)10-9-14-7-5-4-6-8-14/h4-10,12-13,15-16,18-19,22H,3,11H2,1-2H3,(H2,24,25,26,28,30)/b10-9+/t15-,16+,18-,19-,22-/m1/s1. The van der Waals surface area contributed by atoms with E-state index in [1.807, 2.05) is 60.2 Å². The average Bonchev–Trinajstić information content (AvgIpc) is 3.54. The number of anilines is 1. The predicted molar refractivity (Wildman–Crippen MR) is 129 cm³/mol. The molecule has 2 fully saturated rings. The Morgan fingerprint density at radius 1 is 1.15 bits per heavy atom. The molecule has 2 amide bonds. The Labute approximate surface area is 201 Å². The molecule has 2 aromatic heterocycles. The molecule has 34 heavy (non-hydrogen) atoms. The summed E-state index contributed by atoms with van der Waals surface area (Å²) in [4.78, 5) is 25.0. The van der Waals surface area contributed by atoms with Gasteiger partial charge in [0, 0.05) is 12.3 Å². The number of nitrogens with zero attached hydrogens (tertiary/aromatic N) is 4. The molecule has 0 unspecified atom stereocenters. The number of imidazole rings is 1. The van der Waals surface area contributed by atoms with E-state index < -0.39 is 12.5 Å². The smallest absolute Gasteiger partial charge is 0.320 e. The Morgan fingerprint density at radius 3 is 2.76 bits per heavy atom. The molecule has 10 nitrogen and oxygen atoms in total. The number of aromatic nitrogens is 4. The summed E-state index contributed by atoms with van der Waals surface area (Å²) in [5, 5.41) is 5.40. The lowest BCUT2D eigenvalue weighted by molar-refractivity contribution is -0.120. The zero-order chi connectivity index (χ0) is 23.5. The highest BCUT2D eigenvalue weighted by Crippen LogP contribution is 2.41. The first kappa shape index (κ1) is 22.8. The third kappa shape index (κ3) is 4.51. The summed E-state index contributed by atoms with van der Waals surface area (Å²) in [7, 11) is 0. The van der Waals surface area contributed by atoms with Crippen molar-refractivity contribution in [2.45, 2.75) is 37.8 Å². The van der Waals surface area contributed by atoms with Gasteiger partial charge in [0.05, 0.1) is 12.4 Å². The van der Waals surface area contributed by atoms with E-state index in [9.17, 15) is 4.79 Å². The fourth-order valence-electron chi connectivity index (χ4n) is 4.17. The van der Waals surface area contributed by atoms with Crippen LogP contribution in [-0.4, -0.2) is 68.7 Å². The van der Waals surface area contributed by atoms with Gasteiger partial charge in [0.2, 0.25) is 0 Å². The Kier molecular flexibility index (Phi) is 6.77. The van der Waals surface area contributed by atoms with Crippen LogP contribution in [0.2, 0.25) is 0 Å². The number of thioether (sulfide) groups is 1. The van der Waals surface area contributed by atoms with E-state index in [2.05, 4.69) is 25.6 Å². The quantitative estimate of drug-likeness (QED) is 0.528. The van der Waals surface area contributed by atoms with Crippen LogP contribution in [0, 0.1) is 0 Å². The van der Waals surface area contributed by atoms with Crippen LogP contribution >= 0.6 is 11.8 Å². The number of carbonyl (C=O) groups excluding carboxylic acids is 1. The molecule has 2 saturated heterocycles. The van der Waals surface area contributed by atoms with Gasteiger partial charge in [-0.1, -0.05) is 36.4 Å². The summed E-state index contributed by atoms with van der Waals surface area (Å²) in [6.45, 7) is 2.34. The summed E-state index contributed by atoms with van der Waals surface area (Å²) in [6, 6.07) is 9.66. The van der Waals surface area contributed by atoms with Crippen LogP contribution in [0.5, 0.6) is 0 Å². The fourth-order valence-corrected chi connectivity index (χ4v) is 4.76. The maximum atomic E-state index is 12.0. The van der Waals surface area contributed by atoms with E-state index in [0.29, 0.717) is 23.5 Å². The Hall–Kier alpha value is -2.99. The van der Waals surface area contributed by atoms with E-state index in [0.717, 1.165) is 11.3 Å². The normalized spacial score (nSPS) is 26.2. The minimum atomic E-state index is -0.481. The second-order valence-corrected chi connectivity index (χ2v) is 8.80. The third-order valence-corrected chi connectivity index (χ3v) is 6.31. The number of hydrogen-bond donors (Lipinski definition) is 2. The van der Waals surface area contributed by atoms with E-state index in [4.69, 9.17) is 14.2 Å². The van der Waals surface area contributed by atoms with Gasteiger partial charge in [0.15, 0.2) is 29.5 Å². The van der Waals surface area contributed by atoms with Gasteiger partial charge >= 0.3 is 6.03 Å². The van der Waals surface area contributed by atoms with Gasteiger partial charge in [-0.2, -0.15) is 11.8 Å². The molecule has 2 aliphatic rings. The molecule has 0 aliphatic carbocycles. The van der Waals surface area contributed by atoms with Gasteiger partial charge in [-0.15, -0.1) is 0 Å². The lowest BCUT2D eigenvalue weighted by atomic mass is 10.1. The van der Waals surface area contributed by atoms with E-state index >= 15 is 0 Å². The molecule has 1 aromatic carbocycles. The molecule has 0 bridgehead atoms. The zero-order valence-corrected chi connectivity index (χ0v) is 19.6. The zero-order valence-electron chi connectivity index (χ0n) is 18.8.